The molecule has 0 bridgehead atoms. The number of likely N-dealkylation sites (tertiary alicyclic amines) is 1. The van der Waals surface area contributed by atoms with Crippen molar-refractivity contribution < 1.29 is 13.6 Å². The van der Waals surface area contributed by atoms with Crippen LogP contribution in [-0.2, 0) is 5.34 Å². The number of alkyl halides is 1. The first-order valence-corrected chi connectivity index (χ1v) is 10.2. The van der Waals surface area contributed by atoms with Gasteiger partial charge < -0.3 is 10.2 Å². The van der Waals surface area contributed by atoms with Crippen molar-refractivity contribution in [3.8, 4) is 0 Å². The highest BCUT2D eigenvalue weighted by atomic mass is 35.5. The molecule has 0 aliphatic carbocycles. The Morgan fingerprint density at radius 1 is 1.21 bits per heavy atom. The Morgan fingerprint density at radius 3 is 2.36 bits per heavy atom. The van der Waals surface area contributed by atoms with Gasteiger partial charge in [0.1, 0.15) is 17.3 Å². The van der Waals surface area contributed by atoms with E-state index in [1.54, 1.807) is 6.92 Å². The van der Waals surface area contributed by atoms with Crippen LogP contribution in [0.15, 0.2) is 30.6 Å². The van der Waals surface area contributed by atoms with Crippen LogP contribution in [0.4, 0.5) is 8.78 Å². The SMILES string of the molecule is [B]C([B])(NC([B])([B])C1(F)CCN(C(=O)c2ccc(F)c(Cl)c2)C([B])([B])C1)c1ncc(C)cn1. The number of hydrogen-bond acceptors (Lipinski definition) is 4. The molecule has 5 nitrogen and oxygen atoms in total. The minimum Gasteiger partial charge on any atom is -0.350 e. The van der Waals surface area contributed by atoms with Gasteiger partial charge in [-0.3, -0.25) is 4.79 Å². The second-order valence-electron chi connectivity index (χ2n) is 8.42. The number of rotatable bonds is 5. The third-order valence-corrected chi connectivity index (χ3v) is 5.80. The summed E-state index contributed by atoms with van der Waals surface area (Å²) in [5.74, 6) is -1.45. The lowest BCUT2D eigenvalue weighted by Gasteiger charge is -2.56. The molecule has 12 radical (unpaired) electrons. The van der Waals surface area contributed by atoms with Crippen molar-refractivity contribution in [1.82, 2.24) is 20.2 Å². The van der Waals surface area contributed by atoms with Gasteiger partial charge in [0.05, 0.1) is 52.1 Å². The van der Waals surface area contributed by atoms with Gasteiger partial charge in [-0.1, -0.05) is 11.6 Å². The van der Waals surface area contributed by atoms with Crippen LogP contribution < -0.4 is 5.32 Å². The molecule has 1 saturated heterocycles. The number of nitrogens with zero attached hydrogens (tertiary/aromatic N) is 3. The highest BCUT2D eigenvalue weighted by molar-refractivity contribution is 6.45. The van der Waals surface area contributed by atoms with E-state index < -0.39 is 39.8 Å². The number of piperidine rings is 1. The molecule has 3 rings (SSSR count). The van der Waals surface area contributed by atoms with Gasteiger partial charge in [-0.05, 0) is 59.5 Å². The van der Waals surface area contributed by atoms with Crippen LogP contribution in [-0.4, -0.2) is 90.7 Å². The topological polar surface area (TPSA) is 58.1 Å². The summed E-state index contributed by atoms with van der Waals surface area (Å²) in [7, 11) is 36.4. The number of aromatic nitrogens is 2. The molecule has 1 aliphatic rings. The van der Waals surface area contributed by atoms with Crippen molar-refractivity contribution in [1.29, 1.82) is 0 Å². The Labute approximate surface area is 204 Å². The average molecular weight is 454 g/mol. The summed E-state index contributed by atoms with van der Waals surface area (Å²) < 4.78 is 29.5. The molecule has 1 fully saturated rings. The second-order valence-corrected chi connectivity index (χ2v) is 8.82. The van der Waals surface area contributed by atoms with E-state index in [4.69, 9.17) is 58.7 Å². The monoisotopic (exact) mass is 454 g/mol. The molecule has 1 aliphatic heterocycles. The van der Waals surface area contributed by atoms with Crippen molar-refractivity contribution in [3.63, 3.8) is 0 Å². The first-order chi connectivity index (χ1) is 15.1. The number of carbonyl (C=O) groups is 1. The van der Waals surface area contributed by atoms with Crippen molar-refractivity contribution in [2.75, 3.05) is 6.54 Å². The minimum absolute atomic E-state index is 0.0253. The van der Waals surface area contributed by atoms with Crippen LogP contribution >= 0.6 is 11.6 Å². The molecule has 33 heavy (non-hydrogen) atoms. The second kappa shape index (κ2) is 8.80. The first kappa shape index (κ1) is 25.9. The fraction of sp³-hybridized carbons (Fsp3) is 0.421. The number of benzene rings is 1. The van der Waals surface area contributed by atoms with Gasteiger partial charge in [0.15, 0.2) is 0 Å². The summed E-state index contributed by atoms with van der Waals surface area (Å²) >= 11 is 5.75. The standard InChI is InChI=1S/C19H15B6ClF2N4O/c1-10-7-29-15(30-8-10)18(22,23)31-19(24,25)16(28)4-5-32(17(20,21)9-16)14(33)11-2-3-13(27)12(26)6-11/h2-3,6-8,31H,4-5,9H2,1H3. The van der Waals surface area contributed by atoms with E-state index in [1.807, 2.05) is 0 Å². The zero-order valence-electron chi connectivity index (χ0n) is 17.9. The van der Waals surface area contributed by atoms with Gasteiger partial charge in [0.25, 0.3) is 5.91 Å². The van der Waals surface area contributed by atoms with Crippen molar-refractivity contribution in [2.24, 2.45) is 0 Å². The highest BCUT2D eigenvalue weighted by Crippen LogP contribution is 2.41. The molecule has 14 heteroatoms. The van der Waals surface area contributed by atoms with Gasteiger partial charge >= 0.3 is 0 Å². The highest BCUT2D eigenvalue weighted by Gasteiger charge is 2.53. The zero-order chi connectivity index (χ0) is 24.8. The number of nitrogens with one attached hydrogen (secondary N) is 1. The Hall–Kier alpha value is -1.73. The van der Waals surface area contributed by atoms with E-state index in [9.17, 15) is 9.18 Å². The maximum atomic E-state index is 16.1. The number of aryl methyl sites for hydroxylation is 1. The van der Waals surface area contributed by atoms with Crippen LogP contribution in [0.5, 0.6) is 0 Å². The summed E-state index contributed by atoms with van der Waals surface area (Å²) in [6.45, 7) is 1.49. The first-order valence-electron chi connectivity index (χ1n) is 9.86. The van der Waals surface area contributed by atoms with Gasteiger partial charge in [-0.2, -0.15) is 0 Å². The largest absolute Gasteiger partial charge is 0.350 e. The number of amides is 1. The van der Waals surface area contributed by atoms with Gasteiger partial charge in [0.2, 0.25) is 0 Å². The molecule has 0 saturated carbocycles. The van der Waals surface area contributed by atoms with E-state index in [0.29, 0.717) is 0 Å². The number of carbonyl (C=O) groups excluding carboxylic acids is 1. The van der Waals surface area contributed by atoms with E-state index in [0.717, 1.165) is 22.6 Å². The third-order valence-electron chi connectivity index (χ3n) is 5.52. The lowest BCUT2D eigenvalue weighted by atomic mass is 9.43. The smallest absolute Gasteiger partial charge is 0.253 e. The minimum atomic E-state index is -2.46. The molecule has 2 heterocycles. The maximum absolute atomic E-state index is 16.1. The maximum Gasteiger partial charge on any atom is 0.253 e. The van der Waals surface area contributed by atoms with Crippen molar-refractivity contribution in [3.05, 3.63) is 58.4 Å². The van der Waals surface area contributed by atoms with E-state index in [2.05, 4.69) is 15.3 Å². The molecule has 1 unspecified atom stereocenters. The molecule has 1 aromatic heterocycles. The summed E-state index contributed by atoms with van der Waals surface area (Å²) in [6, 6.07) is 3.37. The lowest BCUT2D eigenvalue weighted by molar-refractivity contribution is 0.00897. The quantitative estimate of drug-likeness (QED) is 0.659. The zero-order valence-corrected chi connectivity index (χ0v) is 18.6. The summed E-state index contributed by atoms with van der Waals surface area (Å²) in [5, 5.41) is -4.17. The van der Waals surface area contributed by atoms with Crippen LogP contribution in [0.2, 0.25) is 5.02 Å². The van der Waals surface area contributed by atoms with Crippen molar-refractivity contribution >= 4 is 64.6 Å². The predicted octanol–water partition coefficient (Wildman–Crippen LogP) is 0.241. The van der Waals surface area contributed by atoms with Crippen LogP contribution in [0, 0.1) is 12.7 Å². The molecular formula is C19H15B6ClF2N4O. The van der Waals surface area contributed by atoms with E-state index >= 15 is 4.39 Å². The molecule has 1 amide bonds. The molecule has 2 aromatic rings. The average Bonchev–Trinajstić information content (AvgIpc) is 2.68. The Balaban J connectivity index is 1.81. The number of hydrogen-bond donors (Lipinski definition) is 1. The molecule has 0 spiro atoms. The Morgan fingerprint density at radius 2 is 1.82 bits per heavy atom. The molecule has 1 N–H and O–H groups in total. The number of halogens is 3. The van der Waals surface area contributed by atoms with Gasteiger partial charge in [0, 0.05) is 24.5 Å². The summed E-state index contributed by atoms with van der Waals surface area (Å²) in [5.41, 5.74) is -1.68. The third kappa shape index (κ3) is 5.19. The van der Waals surface area contributed by atoms with E-state index in [1.165, 1.54) is 18.5 Å². The van der Waals surface area contributed by atoms with Crippen LogP contribution in [0.3, 0.4) is 0 Å². The Kier molecular flexibility index (Phi) is 6.91. The molecule has 1 atom stereocenters. The van der Waals surface area contributed by atoms with Crippen LogP contribution in [0.25, 0.3) is 0 Å². The Bertz CT molecular complexity index is 1060. The van der Waals surface area contributed by atoms with E-state index in [-0.39, 0.29) is 29.4 Å². The summed E-state index contributed by atoms with van der Waals surface area (Å²) in [6.07, 6.45) is 1.89. The predicted molar refractivity (Wildman–Crippen MR) is 127 cm³/mol. The molecular weight excluding hydrogens is 439 g/mol. The lowest BCUT2D eigenvalue weighted by Crippen LogP contribution is -2.73. The van der Waals surface area contributed by atoms with Crippen LogP contribution in [0.1, 0.15) is 34.6 Å². The summed E-state index contributed by atoms with van der Waals surface area (Å²) in [4.78, 5) is 22.0. The normalized spacial score (nSPS) is 21.0. The van der Waals surface area contributed by atoms with Gasteiger partial charge in [-0.15, -0.1) is 0 Å². The fourth-order valence-electron chi connectivity index (χ4n) is 3.67. The van der Waals surface area contributed by atoms with Gasteiger partial charge in [-0.25, -0.2) is 18.7 Å². The van der Waals surface area contributed by atoms with Crippen molar-refractivity contribution in [2.45, 2.75) is 41.4 Å². The molecule has 156 valence electrons. The molecule has 1 aromatic carbocycles. The fourth-order valence-corrected chi connectivity index (χ4v) is 3.86.